The van der Waals surface area contributed by atoms with Crippen molar-refractivity contribution >= 4 is 51.6 Å². The summed E-state index contributed by atoms with van der Waals surface area (Å²) in [7, 11) is 0. The molecule has 144 valence electrons. The third kappa shape index (κ3) is 5.17. The molecule has 10 heteroatoms. The number of pyridine rings is 1. The lowest BCUT2D eigenvalue weighted by Crippen LogP contribution is -2.49. The molecule has 27 heavy (non-hydrogen) atoms. The summed E-state index contributed by atoms with van der Waals surface area (Å²) in [5.41, 5.74) is -3.00. The van der Waals surface area contributed by atoms with E-state index in [-0.39, 0.29) is 24.2 Å². The molecule has 0 atom stereocenters. The van der Waals surface area contributed by atoms with Crippen LogP contribution in [0.1, 0.15) is 10.4 Å². The predicted octanol–water partition coefficient (Wildman–Crippen LogP) is 3.53. The van der Waals surface area contributed by atoms with Gasteiger partial charge in [-0.1, -0.05) is 0 Å². The summed E-state index contributed by atoms with van der Waals surface area (Å²) in [5.74, 6) is 0.543. The summed E-state index contributed by atoms with van der Waals surface area (Å²) in [6.07, 6.45) is 1.48. The van der Waals surface area contributed by atoms with Gasteiger partial charge >= 0.3 is 5.57 Å². The molecule has 0 bridgehead atoms. The largest absolute Gasteiger partial charge is 0.487 e. The van der Waals surface area contributed by atoms with Crippen molar-refractivity contribution in [2.24, 2.45) is 5.92 Å². The van der Waals surface area contributed by atoms with E-state index in [1.165, 1.54) is 30.5 Å². The normalized spacial score (nSPS) is 14.6. The number of rotatable bonds is 6. The van der Waals surface area contributed by atoms with Crippen LogP contribution in [0.3, 0.4) is 0 Å². The van der Waals surface area contributed by atoms with Gasteiger partial charge in [0.05, 0.1) is 9.13 Å². The highest BCUT2D eigenvalue weighted by Crippen LogP contribution is 2.28. The maximum atomic E-state index is 12.6. The van der Waals surface area contributed by atoms with Crippen LogP contribution in [0.5, 0.6) is 5.75 Å². The quantitative estimate of drug-likeness (QED) is 0.460. The molecule has 0 aliphatic carbocycles. The summed E-state index contributed by atoms with van der Waals surface area (Å²) in [4.78, 5) is 18.8. The number of aliphatic hydroxyl groups excluding tert-OH is 1. The number of nitrogens with one attached hydrogen (secondary N) is 1. The second kappa shape index (κ2) is 8.11. The molecule has 6 nitrogen and oxygen atoms in total. The van der Waals surface area contributed by atoms with Gasteiger partial charge < -0.3 is 20.1 Å². The molecule has 1 amide bonds. The Morgan fingerprint density at radius 2 is 2.07 bits per heavy atom. The maximum absolute atomic E-state index is 12.6. The molecule has 0 spiro atoms. The van der Waals surface area contributed by atoms with Crippen LogP contribution in [0.25, 0.3) is 0 Å². The standard InChI is InChI=1S/C17H15ClF2IN3O3/c18-17(19,20)27-13-3-1-12(2-4-13)23-16(26)11-5-14(21)15(22-6-11)24-7-10(8-24)9-25/h1-6,10,25H,7-9H2,(H,23,26). The van der Waals surface area contributed by atoms with Gasteiger partial charge in [0.25, 0.3) is 5.91 Å². The van der Waals surface area contributed by atoms with E-state index in [2.05, 4.69) is 37.6 Å². The Morgan fingerprint density at radius 3 is 2.63 bits per heavy atom. The molecule has 2 N–H and O–H groups in total. The van der Waals surface area contributed by atoms with Crippen molar-refractivity contribution in [3.05, 3.63) is 45.7 Å². The number of benzene rings is 1. The van der Waals surface area contributed by atoms with Crippen LogP contribution in [0.2, 0.25) is 0 Å². The van der Waals surface area contributed by atoms with E-state index in [1.807, 2.05) is 4.90 Å². The number of alkyl halides is 3. The second-order valence-electron chi connectivity index (χ2n) is 6.01. The van der Waals surface area contributed by atoms with Gasteiger partial charge in [-0.25, -0.2) is 4.98 Å². The predicted molar refractivity (Wildman–Crippen MR) is 106 cm³/mol. The average molecular weight is 510 g/mol. The Morgan fingerprint density at radius 1 is 1.41 bits per heavy atom. The molecule has 0 saturated carbocycles. The first-order valence-corrected chi connectivity index (χ1v) is 9.39. The lowest BCUT2D eigenvalue weighted by Gasteiger charge is -2.39. The number of aromatic nitrogens is 1. The highest BCUT2D eigenvalue weighted by atomic mass is 127. The Balaban J connectivity index is 1.63. The van der Waals surface area contributed by atoms with E-state index in [9.17, 15) is 13.6 Å². The van der Waals surface area contributed by atoms with Crippen LogP contribution in [0, 0.1) is 9.49 Å². The first kappa shape index (κ1) is 20.0. The number of aliphatic hydroxyl groups is 1. The molecule has 1 aromatic heterocycles. The number of halogens is 4. The van der Waals surface area contributed by atoms with E-state index >= 15 is 0 Å². The Bertz CT molecular complexity index is 827. The van der Waals surface area contributed by atoms with Crippen molar-refractivity contribution in [2.45, 2.75) is 5.57 Å². The lowest BCUT2D eigenvalue weighted by molar-refractivity contribution is -0.0964. The number of hydrogen-bond donors (Lipinski definition) is 2. The highest BCUT2D eigenvalue weighted by molar-refractivity contribution is 14.1. The van der Waals surface area contributed by atoms with Crippen LogP contribution >= 0.6 is 34.2 Å². The maximum Gasteiger partial charge on any atom is 0.487 e. The summed E-state index contributed by atoms with van der Waals surface area (Å²) < 4.78 is 30.2. The molecule has 1 aliphatic rings. The van der Waals surface area contributed by atoms with Gasteiger partial charge in [0, 0.05) is 49.1 Å². The van der Waals surface area contributed by atoms with Gasteiger partial charge in [-0.15, -0.1) is 8.78 Å². The molecule has 1 aromatic carbocycles. The van der Waals surface area contributed by atoms with Gasteiger partial charge in [-0.05, 0) is 52.9 Å². The minimum atomic E-state index is -3.79. The van der Waals surface area contributed by atoms with Gasteiger partial charge in [0.2, 0.25) is 0 Å². The fourth-order valence-electron chi connectivity index (χ4n) is 2.59. The van der Waals surface area contributed by atoms with Crippen molar-refractivity contribution in [1.29, 1.82) is 0 Å². The summed E-state index contributed by atoms with van der Waals surface area (Å²) in [5, 5.41) is 11.8. The first-order chi connectivity index (χ1) is 12.7. The smallest absolute Gasteiger partial charge is 0.420 e. The van der Waals surface area contributed by atoms with E-state index < -0.39 is 5.57 Å². The fourth-order valence-corrected chi connectivity index (χ4v) is 3.49. The van der Waals surface area contributed by atoms with Crippen LogP contribution in [-0.2, 0) is 0 Å². The molecular formula is C17H15ClF2IN3O3. The molecule has 1 saturated heterocycles. The zero-order valence-electron chi connectivity index (χ0n) is 13.8. The molecule has 2 heterocycles. The monoisotopic (exact) mass is 509 g/mol. The summed E-state index contributed by atoms with van der Waals surface area (Å²) in [6.45, 7) is 1.63. The molecule has 1 fully saturated rings. The second-order valence-corrected chi connectivity index (χ2v) is 7.61. The van der Waals surface area contributed by atoms with Gasteiger partial charge in [-0.2, -0.15) is 0 Å². The highest BCUT2D eigenvalue weighted by Gasteiger charge is 2.29. The van der Waals surface area contributed by atoms with E-state index in [0.717, 1.165) is 22.5 Å². The first-order valence-electron chi connectivity index (χ1n) is 7.93. The minimum Gasteiger partial charge on any atom is -0.420 e. The van der Waals surface area contributed by atoms with Crippen molar-refractivity contribution in [3.63, 3.8) is 0 Å². The molecule has 0 radical (unpaired) electrons. The number of ether oxygens (including phenoxy) is 1. The fraction of sp³-hybridized carbons (Fsp3) is 0.294. The van der Waals surface area contributed by atoms with Gasteiger partial charge in [0.1, 0.15) is 11.6 Å². The number of carbonyl (C=O) groups excluding carboxylic acids is 1. The zero-order chi connectivity index (χ0) is 19.6. The van der Waals surface area contributed by atoms with Crippen LogP contribution in [0.4, 0.5) is 20.3 Å². The Hall–Kier alpha value is -1.72. The van der Waals surface area contributed by atoms with Crippen molar-refractivity contribution in [3.8, 4) is 5.75 Å². The van der Waals surface area contributed by atoms with Crippen molar-refractivity contribution < 1.29 is 23.4 Å². The van der Waals surface area contributed by atoms with Crippen LogP contribution in [-0.4, -0.2) is 41.3 Å². The number of amides is 1. The van der Waals surface area contributed by atoms with Crippen molar-refractivity contribution in [2.75, 3.05) is 29.9 Å². The van der Waals surface area contributed by atoms with E-state index in [0.29, 0.717) is 11.3 Å². The van der Waals surface area contributed by atoms with Gasteiger partial charge in [0.15, 0.2) is 0 Å². The number of carbonyl (C=O) groups is 1. The average Bonchev–Trinajstić information content (AvgIpc) is 2.55. The van der Waals surface area contributed by atoms with Crippen molar-refractivity contribution in [1.82, 2.24) is 4.98 Å². The van der Waals surface area contributed by atoms with Crippen LogP contribution < -0.4 is 15.0 Å². The lowest BCUT2D eigenvalue weighted by atomic mass is 10.0. The third-order valence-electron chi connectivity index (χ3n) is 3.94. The zero-order valence-corrected chi connectivity index (χ0v) is 16.7. The Kier molecular flexibility index (Phi) is 6.02. The third-order valence-corrected chi connectivity index (χ3v) is 4.82. The molecule has 3 rings (SSSR count). The minimum absolute atomic E-state index is 0.121. The van der Waals surface area contributed by atoms with Crippen LogP contribution in [0.15, 0.2) is 36.5 Å². The SMILES string of the molecule is O=C(Nc1ccc(OC(F)(F)Cl)cc1)c1cnc(N2CC(CO)C2)c(I)c1. The topological polar surface area (TPSA) is 74.7 Å². The Labute approximate surface area is 172 Å². The number of hydrogen-bond acceptors (Lipinski definition) is 5. The summed E-state index contributed by atoms with van der Waals surface area (Å²) in [6, 6.07) is 7.13. The molecule has 1 aliphatic heterocycles. The van der Waals surface area contributed by atoms with E-state index in [1.54, 1.807) is 6.07 Å². The summed E-state index contributed by atoms with van der Waals surface area (Å²) >= 11 is 6.82. The molecular weight excluding hydrogens is 495 g/mol. The molecule has 2 aromatic rings. The number of anilines is 2. The molecule has 0 unspecified atom stereocenters. The van der Waals surface area contributed by atoms with Gasteiger partial charge in [-0.3, -0.25) is 4.79 Å². The number of nitrogens with zero attached hydrogens (tertiary/aromatic N) is 2. The van der Waals surface area contributed by atoms with E-state index in [4.69, 9.17) is 16.7 Å².